The number of hydrogen-bond donors (Lipinski definition) is 2. The number of nitrogens with one attached hydrogen (secondary N) is 1. The topological polar surface area (TPSA) is 84.7 Å². The molecule has 3 N–H and O–H groups in total. The van der Waals surface area contributed by atoms with Gasteiger partial charge in [0, 0.05) is 26.2 Å². The molecule has 1 amide bonds. The Morgan fingerprint density at radius 3 is 2.76 bits per heavy atom. The zero-order chi connectivity index (χ0) is 15.2. The maximum Gasteiger partial charge on any atom is 0.309 e. The summed E-state index contributed by atoms with van der Waals surface area (Å²) in [5.41, 5.74) is 7.40. The van der Waals surface area contributed by atoms with Crippen LogP contribution >= 0.6 is 0 Å². The number of esters is 1. The lowest BCUT2D eigenvalue weighted by Crippen LogP contribution is -2.56. The zero-order valence-electron chi connectivity index (χ0n) is 12.2. The minimum atomic E-state index is -0.326. The van der Waals surface area contributed by atoms with Crippen molar-refractivity contribution in [2.75, 3.05) is 26.7 Å². The average molecular weight is 291 g/mol. The van der Waals surface area contributed by atoms with Gasteiger partial charge in [0.15, 0.2) is 0 Å². The number of methoxy groups -OCH3 is 1. The van der Waals surface area contributed by atoms with Crippen LogP contribution in [-0.2, 0) is 27.3 Å². The van der Waals surface area contributed by atoms with Crippen LogP contribution in [-0.4, -0.2) is 49.6 Å². The number of piperazine rings is 1. The van der Waals surface area contributed by atoms with Crippen molar-refractivity contribution in [1.82, 2.24) is 10.2 Å². The molecule has 1 aromatic carbocycles. The summed E-state index contributed by atoms with van der Waals surface area (Å²) in [6.45, 7) is 2.74. The van der Waals surface area contributed by atoms with E-state index in [0.717, 1.165) is 24.2 Å². The lowest BCUT2D eigenvalue weighted by atomic mass is 10.0. The Balaban J connectivity index is 2.14. The summed E-state index contributed by atoms with van der Waals surface area (Å²) in [6.07, 6.45) is 0.236. The van der Waals surface area contributed by atoms with Crippen molar-refractivity contribution in [2.45, 2.75) is 19.0 Å². The van der Waals surface area contributed by atoms with E-state index in [0.29, 0.717) is 13.1 Å². The van der Waals surface area contributed by atoms with E-state index < -0.39 is 0 Å². The van der Waals surface area contributed by atoms with Crippen LogP contribution in [0.1, 0.15) is 11.1 Å². The number of nitrogens with two attached hydrogens (primary N) is 1. The number of nitrogens with zero attached hydrogens (tertiary/aromatic N) is 1. The molecular weight excluding hydrogens is 270 g/mol. The van der Waals surface area contributed by atoms with Gasteiger partial charge >= 0.3 is 5.97 Å². The number of rotatable bonds is 5. The van der Waals surface area contributed by atoms with E-state index in [2.05, 4.69) is 10.2 Å². The predicted molar refractivity (Wildman–Crippen MR) is 78.4 cm³/mol. The number of amides is 1. The molecule has 1 aromatic rings. The lowest BCUT2D eigenvalue weighted by Gasteiger charge is -2.34. The molecule has 2 rings (SSSR count). The second kappa shape index (κ2) is 7.19. The maximum absolute atomic E-state index is 11.5. The first-order valence-corrected chi connectivity index (χ1v) is 6.99. The Labute approximate surface area is 124 Å². The molecule has 114 valence electrons. The molecule has 21 heavy (non-hydrogen) atoms. The first-order valence-electron chi connectivity index (χ1n) is 6.99. The summed E-state index contributed by atoms with van der Waals surface area (Å²) in [7, 11) is 1.38. The Kier molecular flexibility index (Phi) is 5.30. The van der Waals surface area contributed by atoms with Crippen molar-refractivity contribution in [3.8, 4) is 0 Å². The van der Waals surface area contributed by atoms with Gasteiger partial charge < -0.3 is 15.8 Å². The van der Waals surface area contributed by atoms with Crippen molar-refractivity contribution in [2.24, 2.45) is 5.73 Å². The fourth-order valence-corrected chi connectivity index (χ4v) is 2.55. The Hall–Kier alpha value is -1.92. The van der Waals surface area contributed by atoms with Crippen LogP contribution < -0.4 is 11.1 Å². The Morgan fingerprint density at radius 2 is 2.10 bits per heavy atom. The summed E-state index contributed by atoms with van der Waals surface area (Å²) >= 11 is 0. The molecule has 0 radical (unpaired) electrons. The van der Waals surface area contributed by atoms with Gasteiger partial charge in [0.05, 0.1) is 13.5 Å². The molecule has 1 aliphatic rings. The molecular formula is C15H21N3O3. The minimum absolute atomic E-state index is 0.236. The SMILES string of the molecule is COC(=O)Cc1ccccc1CN1CCNCC1C(N)=O. The highest BCUT2D eigenvalue weighted by molar-refractivity contribution is 5.80. The summed E-state index contributed by atoms with van der Waals surface area (Å²) in [4.78, 5) is 25.1. The molecule has 0 saturated carbocycles. The molecule has 1 aliphatic heterocycles. The van der Waals surface area contributed by atoms with Crippen molar-refractivity contribution in [1.29, 1.82) is 0 Å². The van der Waals surface area contributed by atoms with Crippen LogP contribution in [0.4, 0.5) is 0 Å². The number of carbonyl (C=O) groups is 2. The zero-order valence-corrected chi connectivity index (χ0v) is 12.2. The lowest BCUT2D eigenvalue weighted by molar-refractivity contribution is -0.139. The van der Waals surface area contributed by atoms with Crippen LogP contribution in [0.25, 0.3) is 0 Å². The fraction of sp³-hybridized carbons (Fsp3) is 0.467. The highest BCUT2D eigenvalue weighted by Crippen LogP contribution is 2.15. The van der Waals surface area contributed by atoms with Gasteiger partial charge in [-0.15, -0.1) is 0 Å². The summed E-state index contributed by atoms with van der Waals surface area (Å²) in [5.74, 6) is -0.595. The average Bonchev–Trinajstić information content (AvgIpc) is 2.49. The van der Waals surface area contributed by atoms with Gasteiger partial charge in [-0.1, -0.05) is 24.3 Å². The molecule has 0 aliphatic carbocycles. The highest BCUT2D eigenvalue weighted by atomic mass is 16.5. The summed E-state index contributed by atoms with van der Waals surface area (Å²) in [5, 5.41) is 3.17. The van der Waals surface area contributed by atoms with Gasteiger partial charge in [-0.05, 0) is 11.1 Å². The molecule has 6 nitrogen and oxygen atoms in total. The molecule has 1 heterocycles. The van der Waals surface area contributed by atoms with E-state index in [-0.39, 0.29) is 24.3 Å². The Morgan fingerprint density at radius 1 is 1.38 bits per heavy atom. The van der Waals surface area contributed by atoms with Crippen LogP contribution in [0.5, 0.6) is 0 Å². The number of carbonyl (C=O) groups excluding carboxylic acids is 2. The van der Waals surface area contributed by atoms with E-state index >= 15 is 0 Å². The van der Waals surface area contributed by atoms with Crippen molar-refractivity contribution >= 4 is 11.9 Å². The molecule has 0 bridgehead atoms. The van der Waals surface area contributed by atoms with Crippen LogP contribution in [0, 0.1) is 0 Å². The fourth-order valence-electron chi connectivity index (χ4n) is 2.55. The molecule has 0 spiro atoms. The van der Waals surface area contributed by atoms with Crippen LogP contribution in [0.2, 0.25) is 0 Å². The minimum Gasteiger partial charge on any atom is -0.469 e. The molecule has 1 saturated heterocycles. The van der Waals surface area contributed by atoms with Gasteiger partial charge in [0.1, 0.15) is 6.04 Å². The monoisotopic (exact) mass is 291 g/mol. The van der Waals surface area contributed by atoms with Crippen molar-refractivity contribution in [3.05, 3.63) is 35.4 Å². The molecule has 6 heteroatoms. The number of benzene rings is 1. The number of hydrogen-bond acceptors (Lipinski definition) is 5. The third-order valence-electron chi connectivity index (χ3n) is 3.74. The second-order valence-corrected chi connectivity index (χ2v) is 5.11. The van der Waals surface area contributed by atoms with E-state index in [1.807, 2.05) is 24.3 Å². The number of ether oxygens (including phenoxy) is 1. The maximum atomic E-state index is 11.5. The smallest absolute Gasteiger partial charge is 0.309 e. The summed E-state index contributed by atoms with van der Waals surface area (Å²) < 4.78 is 4.72. The van der Waals surface area contributed by atoms with Gasteiger partial charge in [-0.2, -0.15) is 0 Å². The molecule has 1 atom stereocenters. The third-order valence-corrected chi connectivity index (χ3v) is 3.74. The van der Waals surface area contributed by atoms with Gasteiger partial charge in [-0.3, -0.25) is 14.5 Å². The van der Waals surface area contributed by atoms with E-state index in [9.17, 15) is 9.59 Å². The molecule has 1 unspecified atom stereocenters. The molecule has 1 fully saturated rings. The predicted octanol–water partition coefficient (Wildman–Crippen LogP) is -0.339. The highest BCUT2D eigenvalue weighted by Gasteiger charge is 2.27. The standard InChI is InChI=1S/C15H21N3O3/c1-21-14(19)8-11-4-2-3-5-12(11)10-18-7-6-17-9-13(18)15(16)20/h2-5,13,17H,6-10H2,1H3,(H2,16,20). The number of primary amides is 1. The second-order valence-electron chi connectivity index (χ2n) is 5.11. The van der Waals surface area contributed by atoms with E-state index in [4.69, 9.17) is 10.5 Å². The van der Waals surface area contributed by atoms with Crippen LogP contribution in [0.15, 0.2) is 24.3 Å². The first-order chi connectivity index (χ1) is 10.1. The van der Waals surface area contributed by atoms with Gasteiger partial charge in [0.25, 0.3) is 0 Å². The normalized spacial score (nSPS) is 19.2. The van der Waals surface area contributed by atoms with Crippen molar-refractivity contribution in [3.63, 3.8) is 0 Å². The third kappa shape index (κ3) is 4.03. The summed E-state index contributed by atoms with van der Waals surface area (Å²) in [6, 6.07) is 7.39. The molecule has 0 aromatic heterocycles. The van der Waals surface area contributed by atoms with E-state index in [1.54, 1.807) is 0 Å². The largest absolute Gasteiger partial charge is 0.469 e. The van der Waals surface area contributed by atoms with Gasteiger partial charge in [-0.25, -0.2) is 0 Å². The van der Waals surface area contributed by atoms with E-state index in [1.165, 1.54) is 7.11 Å². The van der Waals surface area contributed by atoms with Crippen molar-refractivity contribution < 1.29 is 14.3 Å². The first kappa shape index (κ1) is 15.5. The Bertz CT molecular complexity index is 519. The van der Waals surface area contributed by atoms with Gasteiger partial charge in [0.2, 0.25) is 5.91 Å². The van der Waals surface area contributed by atoms with Crippen LogP contribution in [0.3, 0.4) is 0 Å². The quantitative estimate of drug-likeness (QED) is 0.725.